The molecule has 18 heavy (non-hydrogen) atoms. The zero-order valence-electron chi connectivity index (χ0n) is 10.1. The quantitative estimate of drug-likeness (QED) is 0.481. The highest BCUT2D eigenvalue weighted by Gasteiger charge is 2.26. The maximum atomic E-state index is 10.7. The fraction of sp³-hybridized carbons (Fsp3) is 0.500. The van der Waals surface area contributed by atoms with Gasteiger partial charge in [-0.1, -0.05) is 0 Å². The van der Waals surface area contributed by atoms with Crippen LogP contribution in [0.1, 0.15) is 19.3 Å². The number of nitrogens with zero attached hydrogens (tertiary/aromatic N) is 2. The summed E-state index contributed by atoms with van der Waals surface area (Å²) in [4.78, 5) is 12.3. The van der Waals surface area contributed by atoms with Crippen LogP contribution in [0.4, 0.5) is 17.1 Å². The number of non-ortho nitro benzene ring substituents is 1. The van der Waals surface area contributed by atoms with Crippen LogP contribution in [0.15, 0.2) is 18.2 Å². The van der Waals surface area contributed by atoms with Crippen molar-refractivity contribution in [3.8, 4) is 0 Å². The van der Waals surface area contributed by atoms with Crippen molar-refractivity contribution in [2.24, 2.45) is 0 Å². The summed E-state index contributed by atoms with van der Waals surface area (Å²) in [5.41, 5.74) is 7.15. The maximum Gasteiger partial charge on any atom is 0.271 e. The molecule has 3 N–H and O–H groups in total. The molecule has 6 heteroatoms. The van der Waals surface area contributed by atoms with Gasteiger partial charge in [-0.2, -0.15) is 0 Å². The molecule has 1 heterocycles. The van der Waals surface area contributed by atoms with E-state index in [4.69, 9.17) is 10.8 Å². The van der Waals surface area contributed by atoms with Crippen molar-refractivity contribution in [1.29, 1.82) is 0 Å². The third kappa shape index (κ3) is 2.38. The van der Waals surface area contributed by atoms with Gasteiger partial charge in [-0.25, -0.2) is 0 Å². The Morgan fingerprint density at radius 3 is 2.94 bits per heavy atom. The molecular formula is C12H17N3O3. The number of nitro groups is 1. The molecular weight excluding hydrogens is 234 g/mol. The summed E-state index contributed by atoms with van der Waals surface area (Å²) in [5, 5.41) is 19.7. The van der Waals surface area contributed by atoms with Gasteiger partial charge >= 0.3 is 0 Å². The predicted molar refractivity (Wildman–Crippen MR) is 69.6 cm³/mol. The first-order chi connectivity index (χ1) is 8.63. The fourth-order valence-electron chi connectivity index (χ4n) is 2.52. The Kier molecular flexibility index (Phi) is 3.66. The van der Waals surface area contributed by atoms with E-state index in [1.807, 2.05) is 0 Å². The first-order valence-electron chi connectivity index (χ1n) is 6.05. The number of hydrogen-bond acceptors (Lipinski definition) is 5. The van der Waals surface area contributed by atoms with Gasteiger partial charge in [0.05, 0.1) is 16.3 Å². The van der Waals surface area contributed by atoms with Crippen LogP contribution in [0.25, 0.3) is 0 Å². The lowest BCUT2D eigenvalue weighted by atomic mass is 10.1. The van der Waals surface area contributed by atoms with Crippen molar-refractivity contribution in [3.63, 3.8) is 0 Å². The molecule has 1 unspecified atom stereocenters. The number of benzene rings is 1. The second-order valence-corrected chi connectivity index (χ2v) is 4.50. The van der Waals surface area contributed by atoms with E-state index in [9.17, 15) is 10.1 Å². The van der Waals surface area contributed by atoms with E-state index in [1.165, 1.54) is 12.1 Å². The van der Waals surface area contributed by atoms with E-state index in [2.05, 4.69) is 4.90 Å². The Hall–Kier alpha value is -1.82. The maximum absolute atomic E-state index is 10.7. The van der Waals surface area contributed by atoms with Crippen molar-refractivity contribution in [3.05, 3.63) is 28.3 Å². The smallest absolute Gasteiger partial charge is 0.271 e. The number of rotatable bonds is 4. The molecule has 0 radical (unpaired) electrons. The second-order valence-electron chi connectivity index (χ2n) is 4.50. The van der Waals surface area contributed by atoms with E-state index in [0.717, 1.165) is 25.1 Å². The van der Waals surface area contributed by atoms with Crippen LogP contribution >= 0.6 is 0 Å². The summed E-state index contributed by atoms with van der Waals surface area (Å²) in [6.45, 7) is 1.03. The van der Waals surface area contributed by atoms with E-state index in [1.54, 1.807) is 6.07 Å². The van der Waals surface area contributed by atoms with Gasteiger partial charge in [0.15, 0.2) is 0 Å². The summed E-state index contributed by atoms with van der Waals surface area (Å²) in [7, 11) is 0. The molecule has 98 valence electrons. The lowest BCUT2D eigenvalue weighted by Gasteiger charge is -2.27. The van der Waals surface area contributed by atoms with E-state index >= 15 is 0 Å². The van der Waals surface area contributed by atoms with E-state index < -0.39 is 4.92 Å². The van der Waals surface area contributed by atoms with Crippen molar-refractivity contribution in [2.75, 3.05) is 23.8 Å². The Labute approximate surface area is 105 Å². The lowest BCUT2D eigenvalue weighted by molar-refractivity contribution is -0.384. The van der Waals surface area contributed by atoms with Gasteiger partial charge in [0, 0.05) is 31.3 Å². The largest absolute Gasteiger partial charge is 0.397 e. The molecule has 0 bridgehead atoms. The summed E-state index contributed by atoms with van der Waals surface area (Å²) < 4.78 is 0. The molecule has 2 rings (SSSR count). The average Bonchev–Trinajstić information content (AvgIpc) is 2.77. The van der Waals surface area contributed by atoms with Gasteiger partial charge < -0.3 is 15.7 Å². The van der Waals surface area contributed by atoms with Crippen LogP contribution in [0.5, 0.6) is 0 Å². The number of aliphatic hydroxyl groups is 1. The van der Waals surface area contributed by atoms with Crippen molar-refractivity contribution >= 4 is 17.1 Å². The molecule has 0 amide bonds. The van der Waals surface area contributed by atoms with Crippen molar-refractivity contribution < 1.29 is 10.0 Å². The molecule has 1 saturated heterocycles. The third-order valence-electron chi connectivity index (χ3n) is 3.37. The van der Waals surface area contributed by atoms with Crippen LogP contribution < -0.4 is 10.6 Å². The Morgan fingerprint density at radius 1 is 1.56 bits per heavy atom. The van der Waals surface area contributed by atoms with E-state index in [-0.39, 0.29) is 18.3 Å². The Balaban J connectivity index is 2.25. The molecule has 1 aliphatic heterocycles. The molecule has 0 saturated carbocycles. The first kappa shape index (κ1) is 12.6. The molecule has 0 aliphatic carbocycles. The first-order valence-corrected chi connectivity index (χ1v) is 6.05. The second kappa shape index (κ2) is 5.22. The standard InChI is InChI=1S/C12H17N3O3/c13-11-8-10(15(17)18)3-4-12(11)14-6-1-2-9(14)5-7-16/h3-4,8-9,16H,1-2,5-7,13H2. The normalized spacial score (nSPS) is 19.2. The number of anilines is 2. The van der Waals surface area contributed by atoms with Gasteiger partial charge in [0.1, 0.15) is 0 Å². The summed E-state index contributed by atoms with van der Waals surface area (Å²) in [5.74, 6) is 0. The van der Waals surface area contributed by atoms with Crippen LogP contribution in [0.2, 0.25) is 0 Å². The Morgan fingerprint density at radius 2 is 2.33 bits per heavy atom. The molecule has 1 atom stereocenters. The van der Waals surface area contributed by atoms with Crippen LogP contribution in [0, 0.1) is 10.1 Å². The summed E-state index contributed by atoms with van der Waals surface area (Å²) >= 11 is 0. The fourth-order valence-corrected chi connectivity index (χ4v) is 2.52. The summed E-state index contributed by atoms with van der Waals surface area (Å²) in [6, 6.07) is 4.84. The molecule has 1 fully saturated rings. The number of nitrogen functional groups attached to an aromatic ring is 1. The molecule has 1 aliphatic rings. The van der Waals surface area contributed by atoms with Gasteiger partial charge in [-0.15, -0.1) is 0 Å². The average molecular weight is 251 g/mol. The predicted octanol–water partition coefficient (Wildman–Crippen LogP) is 1.53. The SMILES string of the molecule is Nc1cc([N+](=O)[O-])ccc1N1CCCC1CCO. The highest BCUT2D eigenvalue weighted by molar-refractivity contribution is 5.71. The van der Waals surface area contributed by atoms with Crippen molar-refractivity contribution in [1.82, 2.24) is 0 Å². The topological polar surface area (TPSA) is 92.6 Å². The molecule has 1 aromatic carbocycles. The van der Waals surface area contributed by atoms with Crippen LogP contribution in [0.3, 0.4) is 0 Å². The zero-order chi connectivity index (χ0) is 13.1. The van der Waals surface area contributed by atoms with E-state index in [0.29, 0.717) is 12.1 Å². The highest BCUT2D eigenvalue weighted by atomic mass is 16.6. The van der Waals surface area contributed by atoms with Gasteiger partial charge in [-0.05, 0) is 25.3 Å². The van der Waals surface area contributed by atoms with Gasteiger partial charge in [0.2, 0.25) is 0 Å². The summed E-state index contributed by atoms with van der Waals surface area (Å²) in [6.07, 6.45) is 2.79. The number of nitrogens with two attached hydrogens (primary N) is 1. The third-order valence-corrected chi connectivity index (χ3v) is 3.37. The molecule has 6 nitrogen and oxygen atoms in total. The zero-order valence-corrected chi connectivity index (χ0v) is 10.1. The number of nitro benzene ring substituents is 1. The number of hydrogen-bond donors (Lipinski definition) is 2. The molecule has 1 aromatic rings. The monoisotopic (exact) mass is 251 g/mol. The number of aliphatic hydroxyl groups excluding tert-OH is 1. The van der Waals surface area contributed by atoms with Gasteiger partial charge in [0.25, 0.3) is 5.69 Å². The minimum Gasteiger partial charge on any atom is -0.397 e. The lowest BCUT2D eigenvalue weighted by Crippen LogP contribution is -2.30. The van der Waals surface area contributed by atoms with Crippen LogP contribution in [-0.4, -0.2) is 29.2 Å². The minimum absolute atomic E-state index is 0.00848. The molecule has 0 aromatic heterocycles. The van der Waals surface area contributed by atoms with Crippen LogP contribution in [-0.2, 0) is 0 Å². The van der Waals surface area contributed by atoms with Gasteiger partial charge in [-0.3, -0.25) is 10.1 Å². The minimum atomic E-state index is -0.449. The van der Waals surface area contributed by atoms with Crippen molar-refractivity contribution in [2.45, 2.75) is 25.3 Å². The Bertz CT molecular complexity index is 450. The highest BCUT2D eigenvalue weighted by Crippen LogP contribution is 2.33. The molecule has 0 spiro atoms.